The Hall–Kier alpha value is 0.396. The zero-order valence-corrected chi connectivity index (χ0v) is 39.1. The van der Waals surface area contributed by atoms with Gasteiger partial charge in [-0.25, -0.2) is 0 Å². The number of carbonyl (C=O) groups is 3. The van der Waals surface area contributed by atoms with Crippen LogP contribution in [0.3, 0.4) is 0 Å². The van der Waals surface area contributed by atoms with Crippen molar-refractivity contribution in [1.29, 1.82) is 0 Å². The molecule has 0 spiro atoms. The van der Waals surface area contributed by atoms with Gasteiger partial charge in [0.15, 0.2) is 11.6 Å². The van der Waals surface area contributed by atoms with E-state index in [2.05, 4.69) is 79.3 Å². The third-order valence-corrected chi connectivity index (χ3v) is 9.32. The summed E-state index contributed by atoms with van der Waals surface area (Å²) in [6.45, 7) is 40.7. The molecule has 2 atom stereocenters. The van der Waals surface area contributed by atoms with Crippen molar-refractivity contribution < 1.29 is 65.8 Å². The summed E-state index contributed by atoms with van der Waals surface area (Å²) >= 11 is 0. The van der Waals surface area contributed by atoms with Gasteiger partial charge in [0.2, 0.25) is 0 Å². The summed E-state index contributed by atoms with van der Waals surface area (Å²) in [5.74, 6) is 0.981. The summed E-state index contributed by atoms with van der Waals surface area (Å²) in [7, 11) is 6.10. The van der Waals surface area contributed by atoms with Gasteiger partial charge in [0.1, 0.15) is 0 Å². The molecule has 0 aromatic rings. The van der Waals surface area contributed by atoms with Crippen molar-refractivity contribution in [2.75, 3.05) is 21.1 Å². The van der Waals surface area contributed by atoms with Gasteiger partial charge in [-0.15, -0.1) is 0 Å². The van der Waals surface area contributed by atoms with Gasteiger partial charge in [0.05, 0.1) is 11.1 Å². The van der Waals surface area contributed by atoms with Crippen LogP contribution in [0.25, 0.3) is 0 Å². The standard InChI is InChI=1S/C26H51N2O2.C10H20NO.2C2H6.K/c1-13-16-26(24(30)20(4)5,28(12)22(8)9)18-15-14-17-25(10,23(29)19(2)3)27(11)21(6)7;1-7(2)10(12)9(5)11(6)8(3)4;2*1-2;/h19-22H,1,13-18H2,2-12H3;7-8H,1-6H3;2*1-2H3;/q2*-1;;;+1. The van der Waals surface area contributed by atoms with Crippen LogP contribution in [0, 0.1) is 30.7 Å². The third-order valence-electron chi connectivity index (χ3n) is 9.32. The molecule has 0 fully saturated rings. The normalized spacial score (nSPS) is 13.9. The number of hydrogen-bond donors (Lipinski definition) is 0. The first-order valence-corrected chi connectivity index (χ1v) is 18.5. The molecule has 0 aromatic heterocycles. The van der Waals surface area contributed by atoms with Crippen LogP contribution in [-0.4, -0.2) is 82.4 Å². The number of Topliss-reactive ketones (excluding diaryl/α,β-unsaturated/α-hetero) is 3. The zero-order valence-electron chi connectivity index (χ0n) is 36.0. The molecular formula is C40H83KN3O3-. The van der Waals surface area contributed by atoms with E-state index in [0.29, 0.717) is 29.7 Å². The molecule has 0 saturated heterocycles. The molecule has 0 heterocycles. The van der Waals surface area contributed by atoms with E-state index in [1.54, 1.807) is 0 Å². The summed E-state index contributed by atoms with van der Waals surface area (Å²) in [5, 5.41) is 0. The molecule has 0 aromatic carbocycles. The maximum Gasteiger partial charge on any atom is 1.00 e. The van der Waals surface area contributed by atoms with E-state index < -0.39 is 11.1 Å². The molecule has 0 rings (SSSR count). The predicted molar refractivity (Wildman–Crippen MR) is 204 cm³/mol. The summed E-state index contributed by atoms with van der Waals surface area (Å²) < 4.78 is 0. The molecule has 6 nitrogen and oxygen atoms in total. The number of nitrogens with zero attached hydrogens (tertiary/aromatic N) is 3. The van der Waals surface area contributed by atoms with Crippen LogP contribution in [0.4, 0.5) is 0 Å². The topological polar surface area (TPSA) is 60.9 Å². The minimum atomic E-state index is -0.469. The zero-order chi connectivity index (χ0) is 37.7. The quantitative estimate of drug-likeness (QED) is 0.0830. The van der Waals surface area contributed by atoms with Gasteiger partial charge in [-0.3, -0.25) is 25.4 Å². The number of unbranched alkanes of at least 4 members (excludes halogenated alkanes) is 1. The maximum atomic E-state index is 13.4. The van der Waals surface area contributed by atoms with E-state index in [0.717, 1.165) is 44.6 Å². The molecule has 278 valence electrons. The number of rotatable bonds is 19. The van der Waals surface area contributed by atoms with Gasteiger partial charge in [-0.2, -0.15) is 13.3 Å². The van der Waals surface area contributed by atoms with Crippen LogP contribution >= 0.6 is 0 Å². The molecule has 0 amide bonds. The summed E-state index contributed by atoms with van der Waals surface area (Å²) in [4.78, 5) is 44.5. The molecule has 2 unspecified atom stereocenters. The Bertz CT molecular complexity index is 813. The first-order valence-electron chi connectivity index (χ1n) is 18.5. The molecule has 7 heteroatoms. The van der Waals surface area contributed by atoms with Gasteiger partial charge in [-0.1, -0.05) is 102 Å². The van der Waals surface area contributed by atoms with E-state index in [1.165, 1.54) is 0 Å². The average Bonchev–Trinajstić information content (AvgIpc) is 3.01. The molecule has 0 bridgehead atoms. The largest absolute Gasteiger partial charge is 1.00 e. The summed E-state index contributed by atoms with van der Waals surface area (Å²) in [6, 6.07) is 1.85. The van der Waals surface area contributed by atoms with Crippen molar-refractivity contribution >= 4 is 17.3 Å². The molecular weight excluding hydrogens is 610 g/mol. The molecule has 0 saturated carbocycles. The number of hydrogen-bond acceptors (Lipinski definition) is 6. The van der Waals surface area contributed by atoms with Crippen molar-refractivity contribution in [2.45, 2.75) is 192 Å². The molecule has 0 aliphatic rings. The molecule has 47 heavy (non-hydrogen) atoms. The Morgan fingerprint density at radius 1 is 0.617 bits per heavy atom. The monoisotopic (exact) mass is 693 g/mol. The second-order valence-corrected chi connectivity index (χ2v) is 14.4. The second-order valence-electron chi connectivity index (χ2n) is 14.4. The smallest absolute Gasteiger partial charge is 0.432 e. The van der Waals surface area contributed by atoms with Crippen LogP contribution < -0.4 is 51.4 Å². The fraction of sp³-hybridized carbons (Fsp3) is 0.875. The van der Waals surface area contributed by atoms with E-state index >= 15 is 0 Å². The molecule has 0 N–H and O–H groups in total. The van der Waals surface area contributed by atoms with Crippen LogP contribution in [0.2, 0.25) is 0 Å². The average molecular weight is 693 g/mol. The minimum absolute atomic E-state index is 0. The van der Waals surface area contributed by atoms with Crippen molar-refractivity contribution in [3.63, 3.8) is 0 Å². The fourth-order valence-corrected chi connectivity index (χ4v) is 5.75. The Kier molecular flexibility index (Phi) is 35.1. The maximum absolute atomic E-state index is 13.4. The Morgan fingerprint density at radius 2 is 1.00 bits per heavy atom. The second kappa shape index (κ2) is 29.0. The van der Waals surface area contributed by atoms with Crippen molar-refractivity contribution in [3.05, 3.63) is 13.0 Å². The minimum Gasteiger partial charge on any atom is -0.432 e. The first-order chi connectivity index (χ1) is 21.1. The van der Waals surface area contributed by atoms with Crippen molar-refractivity contribution in [3.8, 4) is 0 Å². The molecule has 0 radical (unpaired) electrons. The molecule has 0 aliphatic heterocycles. The van der Waals surface area contributed by atoms with Gasteiger partial charge in [0, 0.05) is 29.7 Å². The van der Waals surface area contributed by atoms with Gasteiger partial charge in [0.25, 0.3) is 0 Å². The Balaban J connectivity index is -0.000000289. The Labute approximate surface area is 339 Å². The third kappa shape index (κ3) is 19.0. The van der Waals surface area contributed by atoms with Gasteiger partial charge >= 0.3 is 51.4 Å². The number of ketones is 3. The molecule has 0 aliphatic carbocycles. The van der Waals surface area contributed by atoms with Crippen LogP contribution in [0.15, 0.2) is 0 Å². The fourth-order valence-electron chi connectivity index (χ4n) is 5.75. The Morgan fingerprint density at radius 3 is 1.30 bits per heavy atom. The van der Waals surface area contributed by atoms with E-state index in [1.807, 2.05) is 88.1 Å². The van der Waals surface area contributed by atoms with E-state index in [4.69, 9.17) is 0 Å². The van der Waals surface area contributed by atoms with Gasteiger partial charge < -0.3 is 16.6 Å². The van der Waals surface area contributed by atoms with Crippen LogP contribution in [0.5, 0.6) is 0 Å². The van der Waals surface area contributed by atoms with E-state index in [-0.39, 0.29) is 74.9 Å². The van der Waals surface area contributed by atoms with Crippen LogP contribution in [0.1, 0.15) is 163 Å². The predicted octanol–water partition coefficient (Wildman–Crippen LogP) is 6.95. The van der Waals surface area contributed by atoms with E-state index in [9.17, 15) is 14.4 Å². The number of carbonyl (C=O) groups excluding carboxylic acids is 3. The van der Waals surface area contributed by atoms with Crippen LogP contribution in [-0.2, 0) is 14.4 Å². The first kappa shape index (κ1) is 56.8. The summed E-state index contributed by atoms with van der Waals surface area (Å²) in [5.41, 5.74) is -0.935. The SMILES string of the molecule is CC.CC.C[C-](C(=O)C(C)C)N(C)C(C)C.[CH2-]CCC(CCCCC(C)(C(=O)C(C)C)N(C)C(C)C)(C(=O)C(C)C)N(C)C(C)C.[K+]. The van der Waals surface area contributed by atoms with Crippen molar-refractivity contribution in [1.82, 2.24) is 14.7 Å². The summed E-state index contributed by atoms with van der Waals surface area (Å²) in [6.07, 6.45) is 5.04. The van der Waals surface area contributed by atoms with Crippen molar-refractivity contribution in [2.24, 2.45) is 17.8 Å². The van der Waals surface area contributed by atoms with Gasteiger partial charge in [-0.05, 0) is 80.6 Å². The number of likely N-dealkylation sites (N-methyl/N-ethyl adjacent to an activating group) is 3.